The second-order valence-corrected chi connectivity index (χ2v) is 6.75. The average molecular weight is 252 g/mol. The topological polar surface area (TPSA) is 32.3 Å². The molecule has 0 spiro atoms. The summed E-state index contributed by atoms with van der Waals surface area (Å²) in [6.45, 7) is 13.0. The lowest BCUT2D eigenvalue weighted by Gasteiger charge is -2.60. The molecule has 2 rings (SSSR count). The van der Waals surface area contributed by atoms with E-state index in [4.69, 9.17) is 0 Å². The van der Waals surface area contributed by atoms with Gasteiger partial charge in [-0.05, 0) is 19.3 Å². The summed E-state index contributed by atoms with van der Waals surface area (Å²) >= 11 is 0. The Bertz CT molecular complexity index is 312. The first kappa shape index (κ1) is 14.0. The Morgan fingerprint density at radius 3 is 2.28 bits per heavy atom. The Morgan fingerprint density at radius 1 is 1.28 bits per heavy atom. The Balaban J connectivity index is 2.04. The van der Waals surface area contributed by atoms with Gasteiger partial charge in [0.05, 0.1) is 0 Å². The van der Waals surface area contributed by atoms with Crippen LogP contribution in [0.15, 0.2) is 0 Å². The van der Waals surface area contributed by atoms with Gasteiger partial charge in [0.1, 0.15) is 5.78 Å². The smallest absolute Gasteiger partial charge is 0.141 e. The number of carbonyl (C=O) groups excluding carboxylic acids is 1. The van der Waals surface area contributed by atoms with Crippen molar-refractivity contribution in [1.82, 2.24) is 10.2 Å². The lowest BCUT2D eigenvalue weighted by atomic mass is 9.53. The highest BCUT2D eigenvalue weighted by molar-refractivity contribution is 5.87. The average Bonchev–Trinajstić information content (AvgIpc) is 2.34. The Kier molecular flexibility index (Phi) is 3.84. The van der Waals surface area contributed by atoms with Gasteiger partial charge in [0, 0.05) is 43.1 Å². The maximum absolute atomic E-state index is 12.3. The molecule has 3 nitrogen and oxygen atoms in total. The van der Waals surface area contributed by atoms with Gasteiger partial charge in [-0.3, -0.25) is 9.69 Å². The molecule has 0 radical (unpaired) electrons. The quantitative estimate of drug-likeness (QED) is 0.831. The highest BCUT2D eigenvalue weighted by Crippen LogP contribution is 2.54. The number of rotatable bonds is 4. The highest BCUT2D eigenvalue weighted by Gasteiger charge is 2.57. The number of hydrogen-bond acceptors (Lipinski definition) is 3. The van der Waals surface area contributed by atoms with E-state index in [1.165, 1.54) is 6.42 Å². The van der Waals surface area contributed by atoms with Gasteiger partial charge in [-0.25, -0.2) is 0 Å². The summed E-state index contributed by atoms with van der Waals surface area (Å²) in [5.74, 6) is 0.634. The molecule has 1 saturated heterocycles. The van der Waals surface area contributed by atoms with E-state index in [1.807, 2.05) is 13.8 Å². The number of carbonyl (C=O) groups is 1. The molecule has 0 aromatic rings. The van der Waals surface area contributed by atoms with Crippen LogP contribution in [0.1, 0.15) is 47.0 Å². The van der Waals surface area contributed by atoms with E-state index >= 15 is 0 Å². The van der Waals surface area contributed by atoms with Crippen molar-refractivity contribution in [2.75, 3.05) is 26.2 Å². The fraction of sp³-hybridized carbons (Fsp3) is 0.933. The second-order valence-electron chi connectivity index (χ2n) is 6.75. The Hall–Kier alpha value is -0.410. The van der Waals surface area contributed by atoms with Crippen molar-refractivity contribution in [2.45, 2.75) is 52.5 Å². The minimum Gasteiger partial charge on any atom is -0.314 e. The van der Waals surface area contributed by atoms with Crippen LogP contribution in [0.25, 0.3) is 0 Å². The van der Waals surface area contributed by atoms with Gasteiger partial charge in [0.2, 0.25) is 0 Å². The number of Topliss-reactive ketones (excluding diaryl/α,β-unsaturated/α-hetero) is 1. The lowest BCUT2D eigenvalue weighted by molar-refractivity contribution is -0.151. The fourth-order valence-corrected chi connectivity index (χ4v) is 4.11. The van der Waals surface area contributed by atoms with E-state index in [0.29, 0.717) is 11.3 Å². The zero-order valence-corrected chi connectivity index (χ0v) is 12.4. The highest BCUT2D eigenvalue weighted by atomic mass is 16.1. The molecule has 0 unspecified atom stereocenters. The number of hydrogen-bond donors (Lipinski definition) is 1. The molecular formula is C15H28N2O. The molecule has 104 valence electrons. The van der Waals surface area contributed by atoms with E-state index in [9.17, 15) is 4.79 Å². The summed E-state index contributed by atoms with van der Waals surface area (Å²) in [7, 11) is 0. The van der Waals surface area contributed by atoms with Crippen LogP contribution in [0.2, 0.25) is 0 Å². The van der Waals surface area contributed by atoms with Crippen LogP contribution in [0.4, 0.5) is 0 Å². The summed E-state index contributed by atoms with van der Waals surface area (Å²) in [6, 6.07) is 0. The first-order chi connectivity index (χ1) is 8.43. The van der Waals surface area contributed by atoms with Gasteiger partial charge < -0.3 is 5.32 Å². The monoisotopic (exact) mass is 252 g/mol. The molecule has 0 atom stereocenters. The van der Waals surface area contributed by atoms with Crippen molar-refractivity contribution in [1.29, 1.82) is 0 Å². The third-order valence-corrected chi connectivity index (χ3v) is 5.00. The zero-order valence-electron chi connectivity index (χ0n) is 12.4. The Morgan fingerprint density at radius 2 is 1.83 bits per heavy atom. The van der Waals surface area contributed by atoms with Gasteiger partial charge >= 0.3 is 0 Å². The maximum atomic E-state index is 12.3. The molecule has 1 heterocycles. The van der Waals surface area contributed by atoms with E-state index < -0.39 is 0 Å². The van der Waals surface area contributed by atoms with Gasteiger partial charge in [-0.1, -0.05) is 27.7 Å². The van der Waals surface area contributed by atoms with Crippen LogP contribution in [-0.4, -0.2) is 42.4 Å². The molecule has 18 heavy (non-hydrogen) atoms. The number of piperazine rings is 1. The molecule has 0 amide bonds. The number of nitrogens with one attached hydrogen (secondary N) is 1. The molecular weight excluding hydrogens is 224 g/mol. The van der Waals surface area contributed by atoms with E-state index in [1.54, 1.807) is 0 Å². The van der Waals surface area contributed by atoms with Crippen LogP contribution in [0, 0.1) is 11.3 Å². The van der Waals surface area contributed by atoms with Gasteiger partial charge in [-0.2, -0.15) is 0 Å². The molecule has 3 heteroatoms. The van der Waals surface area contributed by atoms with Crippen LogP contribution < -0.4 is 5.32 Å². The summed E-state index contributed by atoms with van der Waals surface area (Å²) in [5.41, 5.74) is 0.246. The zero-order chi connectivity index (χ0) is 13.4. The summed E-state index contributed by atoms with van der Waals surface area (Å²) < 4.78 is 0. The molecule has 1 aliphatic heterocycles. The first-order valence-electron chi connectivity index (χ1n) is 7.44. The maximum Gasteiger partial charge on any atom is 0.141 e. The molecule has 2 fully saturated rings. The minimum atomic E-state index is -0.0605. The van der Waals surface area contributed by atoms with Crippen molar-refractivity contribution in [3.05, 3.63) is 0 Å². The number of ketones is 1. The van der Waals surface area contributed by atoms with Crippen molar-refractivity contribution in [2.24, 2.45) is 11.3 Å². The fourth-order valence-electron chi connectivity index (χ4n) is 4.11. The standard InChI is InChI=1S/C15H28N2O/c1-5-15(17-8-6-16-7-9-17)10-14(4,11-15)13(18)12(2)3/h12,16H,5-11H2,1-4H3. The third-order valence-electron chi connectivity index (χ3n) is 5.00. The van der Waals surface area contributed by atoms with Crippen molar-refractivity contribution < 1.29 is 4.79 Å². The normalized spacial score (nSPS) is 37.6. The summed E-state index contributed by atoms with van der Waals surface area (Å²) in [5, 5.41) is 3.41. The minimum absolute atomic E-state index is 0.0605. The van der Waals surface area contributed by atoms with Gasteiger partial charge in [0.15, 0.2) is 0 Å². The predicted molar refractivity (Wildman–Crippen MR) is 74.7 cm³/mol. The molecule has 1 saturated carbocycles. The summed E-state index contributed by atoms with van der Waals surface area (Å²) in [6.07, 6.45) is 3.30. The van der Waals surface area contributed by atoms with Crippen LogP contribution in [0.5, 0.6) is 0 Å². The van der Waals surface area contributed by atoms with Crippen LogP contribution in [0.3, 0.4) is 0 Å². The Labute approximate surface area is 111 Å². The van der Waals surface area contributed by atoms with Crippen LogP contribution in [-0.2, 0) is 4.79 Å². The van der Waals surface area contributed by atoms with Crippen molar-refractivity contribution in [3.8, 4) is 0 Å². The third kappa shape index (κ3) is 2.23. The SMILES string of the molecule is CCC1(N2CCNCC2)CC(C)(C(=O)C(C)C)C1. The van der Waals surface area contributed by atoms with Crippen LogP contribution >= 0.6 is 0 Å². The molecule has 0 bridgehead atoms. The van der Waals surface area contributed by atoms with E-state index in [0.717, 1.165) is 39.0 Å². The van der Waals surface area contributed by atoms with E-state index in [2.05, 4.69) is 24.1 Å². The lowest BCUT2D eigenvalue weighted by Crippen LogP contribution is -2.66. The molecule has 1 N–H and O–H groups in total. The second kappa shape index (κ2) is 4.93. The molecule has 0 aromatic carbocycles. The van der Waals surface area contributed by atoms with Gasteiger partial charge in [0.25, 0.3) is 0 Å². The molecule has 1 aliphatic carbocycles. The predicted octanol–water partition coefficient (Wildman–Crippen LogP) is 2.07. The summed E-state index contributed by atoms with van der Waals surface area (Å²) in [4.78, 5) is 14.9. The largest absolute Gasteiger partial charge is 0.314 e. The van der Waals surface area contributed by atoms with Gasteiger partial charge in [-0.15, -0.1) is 0 Å². The van der Waals surface area contributed by atoms with Crippen molar-refractivity contribution in [3.63, 3.8) is 0 Å². The first-order valence-corrected chi connectivity index (χ1v) is 7.44. The molecule has 0 aromatic heterocycles. The molecule has 2 aliphatic rings. The number of nitrogens with zero attached hydrogens (tertiary/aromatic N) is 1. The van der Waals surface area contributed by atoms with Crippen molar-refractivity contribution >= 4 is 5.78 Å². The van der Waals surface area contributed by atoms with E-state index in [-0.39, 0.29) is 11.3 Å².